The van der Waals surface area contributed by atoms with Crippen molar-refractivity contribution in [3.63, 3.8) is 0 Å². The zero-order valence-corrected chi connectivity index (χ0v) is 35.0. The summed E-state index contributed by atoms with van der Waals surface area (Å²) in [5.41, 5.74) is 0. The van der Waals surface area contributed by atoms with E-state index in [2.05, 4.69) is 98.9 Å². The summed E-state index contributed by atoms with van der Waals surface area (Å²) >= 11 is 0. The summed E-state index contributed by atoms with van der Waals surface area (Å²) in [5, 5.41) is 0. The summed E-state index contributed by atoms with van der Waals surface area (Å²) in [6.45, 7) is 5.24. The second-order valence-electron chi connectivity index (χ2n) is 13.3. The Labute approximate surface area is 329 Å². The first kappa shape index (κ1) is 51.2. The molecule has 0 aliphatic carbocycles. The first-order chi connectivity index (χ1) is 26.3. The van der Waals surface area contributed by atoms with E-state index in [9.17, 15) is 19.0 Å². The second kappa shape index (κ2) is 39.9. The maximum Gasteiger partial charge on any atom is 0.472 e. The molecule has 308 valence electrons. The minimum Gasteiger partial charge on any atom is -0.462 e. The number of carbonyl (C=O) groups is 2. The number of allylic oxidation sites excluding steroid dienone is 14. The van der Waals surface area contributed by atoms with Crippen LogP contribution in [-0.2, 0) is 32.7 Å². The average Bonchev–Trinajstić information content (AvgIpc) is 3.15. The van der Waals surface area contributed by atoms with Crippen LogP contribution in [0.3, 0.4) is 0 Å². The molecule has 9 heteroatoms. The lowest BCUT2D eigenvalue weighted by molar-refractivity contribution is -0.161. The third-order valence-electron chi connectivity index (χ3n) is 8.19. The van der Waals surface area contributed by atoms with Crippen molar-refractivity contribution in [3.05, 3.63) is 85.1 Å². The molecule has 0 saturated carbocycles. The van der Waals surface area contributed by atoms with Gasteiger partial charge >= 0.3 is 19.8 Å². The molecular formula is C45H75O8P. The van der Waals surface area contributed by atoms with Crippen LogP contribution in [0.1, 0.15) is 162 Å². The van der Waals surface area contributed by atoms with Gasteiger partial charge in [0.15, 0.2) is 6.10 Å². The van der Waals surface area contributed by atoms with Crippen LogP contribution in [0.5, 0.6) is 0 Å². The van der Waals surface area contributed by atoms with Gasteiger partial charge in [-0.3, -0.25) is 18.6 Å². The standard InChI is InChI=1S/C45H75O8P/c1-4-7-9-11-13-15-17-19-21-22-23-24-26-27-29-31-33-35-37-39-44(46)50-41-43(42-52-54(48,49)51-6-3)53-45(47)40-38-36-34-32-30-28-25-20-18-16-14-12-10-8-5-2/h8,10,13-16,19-21,23-25,30,32,43H,4-7,9,11-12,17-18,22,26-29,31,33-42H2,1-3H3,(H,48,49)/b10-8-,15-13-,16-14-,21-19-,24-23-,25-20-,32-30-. The molecule has 0 bridgehead atoms. The van der Waals surface area contributed by atoms with Crippen LogP contribution in [0.2, 0.25) is 0 Å². The highest BCUT2D eigenvalue weighted by molar-refractivity contribution is 7.47. The lowest BCUT2D eigenvalue weighted by atomic mass is 10.1. The molecule has 0 aromatic heterocycles. The van der Waals surface area contributed by atoms with Gasteiger partial charge in [0, 0.05) is 12.8 Å². The number of unbranched alkanes of at least 4 members (excludes halogenated alkanes) is 11. The van der Waals surface area contributed by atoms with Crippen LogP contribution in [0.25, 0.3) is 0 Å². The van der Waals surface area contributed by atoms with Gasteiger partial charge < -0.3 is 14.4 Å². The predicted octanol–water partition coefficient (Wildman–Crippen LogP) is 13.1. The zero-order valence-electron chi connectivity index (χ0n) is 34.1. The summed E-state index contributed by atoms with van der Waals surface area (Å²) in [5.74, 6) is -0.870. The largest absolute Gasteiger partial charge is 0.472 e. The predicted molar refractivity (Wildman–Crippen MR) is 225 cm³/mol. The van der Waals surface area contributed by atoms with Crippen molar-refractivity contribution in [2.45, 2.75) is 168 Å². The van der Waals surface area contributed by atoms with Crippen molar-refractivity contribution < 1.29 is 37.6 Å². The Hall–Kier alpha value is -2.77. The molecule has 0 radical (unpaired) electrons. The molecule has 0 amide bonds. The Kier molecular flexibility index (Phi) is 37.9. The summed E-state index contributed by atoms with van der Waals surface area (Å²) in [7, 11) is -4.30. The summed E-state index contributed by atoms with van der Waals surface area (Å²) in [6, 6.07) is 0. The highest BCUT2D eigenvalue weighted by atomic mass is 31.2. The van der Waals surface area contributed by atoms with Crippen molar-refractivity contribution in [3.8, 4) is 0 Å². The quantitative estimate of drug-likeness (QED) is 0.0288. The number of hydrogen-bond donors (Lipinski definition) is 1. The van der Waals surface area contributed by atoms with Gasteiger partial charge in [0.25, 0.3) is 0 Å². The number of phosphoric ester groups is 1. The van der Waals surface area contributed by atoms with E-state index >= 15 is 0 Å². The lowest BCUT2D eigenvalue weighted by Gasteiger charge is -2.19. The normalized spacial score (nSPS) is 14.2. The second-order valence-corrected chi connectivity index (χ2v) is 14.7. The Balaban J connectivity index is 4.20. The number of esters is 2. The topological polar surface area (TPSA) is 108 Å². The van der Waals surface area contributed by atoms with E-state index in [0.717, 1.165) is 83.5 Å². The molecule has 0 aliphatic heterocycles. The number of hydrogen-bond acceptors (Lipinski definition) is 7. The molecule has 0 spiro atoms. The minimum absolute atomic E-state index is 0.0148. The number of ether oxygens (including phenoxy) is 2. The zero-order chi connectivity index (χ0) is 39.6. The fourth-order valence-electron chi connectivity index (χ4n) is 5.15. The van der Waals surface area contributed by atoms with Gasteiger partial charge in [-0.25, -0.2) is 4.57 Å². The molecule has 2 unspecified atom stereocenters. The molecule has 0 heterocycles. The van der Waals surface area contributed by atoms with Crippen LogP contribution in [-0.4, -0.2) is 42.8 Å². The molecule has 0 fully saturated rings. The van der Waals surface area contributed by atoms with Crippen LogP contribution in [0.15, 0.2) is 85.1 Å². The molecule has 54 heavy (non-hydrogen) atoms. The number of rotatable bonds is 37. The Bertz CT molecular complexity index is 1150. The van der Waals surface area contributed by atoms with Gasteiger partial charge in [-0.05, 0) is 96.8 Å². The average molecular weight is 775 g/mol. The van der Waals surface area contributed by atoms with Crippen molar-refractivity contribution in [2.24, 2.45) is 0 Å². The van der Waals surface area contributed by atoms with E-state index in [-0.39, 0.29) is 26.1 Å². The van der Waals surface area contributed by atoms with Gasteiger partial charge in [-0.2, -0.15) is 0 Å². The smallest absolute Gasteiger partial charge is 0.462 e. The molecule has 0 rings (SSSR count). The number of carbonyl (C=O) groups excluding carboxylic acids is 2. The van der Waals surface area contributed by atoms with Crippen LogP contribution >= 0.6 is 7.82 Å². The maximum atomic E-state index is 12.5. The van der Waals surface area contributed by atoms with E-state index < -0.39 is 32.5 Å². The van der Waals surface area contributed by atoms with Gasteiger partial charge in [0.05, 0.1) is 13.2 Å². The number of phosphoric acid groups is 1. The molecule has 0 aliphatic rings. The summed E-state index contributed by atoms with van der Waals surface area (Å²) in [4.78, 5) is 34.7. The van der Waals surface area contributed by atoms with Crippen molar-refractivity contribution >= 4 is 19.8 Å². The Morgan fingerprint density at radius 1 is 0.519 bits per heavy atom. The lowest BCUT2D eigenvalue weighted by Crippen LogP contribution is -2.29. The van der Waals surface area contributed by atoms with Crippen LogP contribution < -0.4 is 0 Å². The third-order valence-corrected chi connectivity index (χ3v) is 9.24. The third kappa shape index (κ3) is 38.9. The van der Waals surface area contributed by atoms with Crippen molar-refractivity contribution in [1.82, 2.24) is 0 Å². The first-order valence-electron chi connectivity index (χ1n) is 20.9. The van der Waals surface area contributed by atoms with Gasteiger partial charge in [-0.15, -0.1) is 0 Å². The molecule has 1 N–H and O–H groups in total. The fraction of sp³-hybridized carbons (Fsp3) is 0.644. The van der Waals surface area contributed by atoms with E-state index in [1.54, 1.807) is 6.92 Å². The SMILES string of the molecule is CC/C=C\C/C=C\C/C=C\C/C=C\CCCCC(=O)OC(COC(=O)CCCCCCCC/C=C\C/C=C\C/C=C\CCCCC)COP(=O)(O)OCC. The molecular weight excluding hydrogens is 699 g/mol. The van der Waals surface area contributed by atoms with Crippen molar-refractivity contribution in [2.75, 3.05) is 19.8 Å². The van der Waals surface area contributed by atoms with Crippen molar-refractivity contribution in [1.29, 1.82) is 0 Å². The highest BCUT2D eigenvalue weighted by Gasteiger charge is 2.25. The molecule has 0 aromatic carbocycles. The summed E-state index contributed by atoms with van der Waals surface area (Å²) in [6.07, 6.45) is 50.7. The highest BCUT2D eigenvalue weighted by Crippen LogP contribution is 2.43. The van der Waals surface area contributed by atoms with Gasteiger partial charge in [0.2, 0.25) is 0 Å². The summed E-state index contributed by atoms with van der Waals surface area (Å²) < 4.78 is 32.6. The maximum absolute atomic E-state index is 12.5. The molecule has 2 atom stereocenters. The van der Waals surface area contributed by atoms with E-state index in [0.29, 0.717) is 6.42 Å². The molecule has 0 saturated heterocycles. The van der Waals surface area contributed by atoms with E-state index in [1.807, 2.05) is 0 Å². The van der Waals surface area contributed by atoms with Gasteiger partial charge in [-0.1, -0.05) is 137 Å². The Morgan fingerprint density at radius 3 is 1.46 bits per heavy atom. The van der Waals surface area contributed by atoms with E-state index in [1.165, 1.54) is 38.5 Å². The molecule has 8 nitrogen and oxygen atoms in total. The van der Waals surface area contributed by atoms with E-state index in [4.69, 9.17) is 18.5 Å². The first-order valence-corrected chi connectivity index (χ1v) is 22.4. The fourth-order valence-corrected chi connectivity index (χ4v) is 5.91. The van der Waals surface area contributed by atoms with Crippen LogP contribution in [0.4, 0.5) is 0 Å². The Morgan fingerprint density at radius 2 is 0.944 bits per heavy atom. The minimum atomic E-state index is -4.30. The van der Waals surface area contributed by atoms with Gasteiger partial charge in [0.1, 0.15) is 6.61 Å². The van der Waals surface area contributed by atoms with Crippen LogP contribution in [0, 0.1) is 0 Å². The monoisotopic (exact) mass is 775 g/mol. The molecule has 0 aromatic rings.